The second kappa shape index (κ2) is 14.2. The number of benzene rings is 2. The minimum absolute atomic E-state index is 0.0119. The molecule has 230 valence electrons. The highest BCUT2D eigenvalue weighted by atomic mass is 19.1. The molecule has 1 aliphatic rings. The molecule has 0 bridgehead atoms. The van der Waals surface area contributed by atoms with Crippen molar-refractivity contribution in [1.29, 1.82) is 0 Å². The van der Waals surface area contributed by atoms with Crippen LogP contribution in [0.1, 0.15) is 62.9 Å². The van der Waals surface area contributed by atoms with Crippen LogP contribution in [0.15, 0.2) is 48.5 Å². The number of carboxylic acids is 1. The quantitative estimate of drug-likeness (QED) is 0.269. The maximum atomic E-state index is 13.8. The van der Waals surface area contributed by atoms with Crippen LogP contribution >= 0.6 is 0 Å². The Balaban J connectivity index is 1.73. The fourth-order valence-corrected chi connectivity index (χ4v) is 5.59. The fourth-order valence-electron chi connectivity index (χ4n) is 5.59. The largest absolute Gasteiger partial charge is 0.496 e. The van der Waals surface area contributed by atoms with Gasteiger partial charge in [0.15, 0.2) is 5.69 Å². The molecule has 4 rings (SSSR count). The predicted octanol–water partition coefficient (Wildman–Crippen LogP) is 4.99. The lowest BCUT2D eigenvalue weighted by Crippen LogP contribution is -2.55. The molecule has 1 aromatic heterocycles. The van der Waals surface area contributed by atoms with Gasteiger partial charge in [0.1, 0.15) is 29.4 Å². The van der Waals surface area contributed by atoms with Crippen LogP contribution in [0, 0.1) is 17.7 Å². The highest BCUT2D eigenvalue weighted by Crippen LogP contribution is 2.39. The predicted molar refractivity (Wildman–Crippen MR) is 159 cm³/mol. The Labute approximate surface area is 250 Å². The smallest absolute Gasteiger partial charge is 0.326 e. The minimum Gasteiger partial charge on any atom is -0.496 e. The Morgan fingerprint density at radius 3 is 2.19 bits per heavy atom. The van der Waals surface area contributed by atoms with Crippen molar-refractivity contribution in [2.75, 3.05) is 14.2 Å². The van der Waals surface area contributed by atoms with Crippen LogP contribution in [-0.2, 0) is 9.59 Å². The van der Waals surface area contributed by atoms with Gasteiger partial charge in [0.2, 0.25) is 5.91 Å². The van der Waals surface area contributed by atoms with E-state index in [9.17, 15) is 23.9 Å². The van der Waals surface area contributed by atoms with Crippen LogP contribution < -0.4 is 20.1 Å². The average Bonchev–Trinajstić information content (AvgIpc) is 3.44. The first-order valence-corrected chi connectivity index (χ1v) is 14.5. The number of ether oxygens (including phenoxy) is 2. The van der Waals surface area contributed by atoms with E-state index in [1.807, 2.05) is 13.8 Å². The maximum absolute atomic E-state index is 13.8. The summed E-state index contributed by atoms with van der Waals surface area (Å²) in [5.74, 6) is -1.84. The summed E-state index contributed by atoms with van der Waals surface area (Å²) in [5, 5.41) is 19.8. The molecule has 2 aromatic carbocycles. The number of hydrogen-bond donors (Lipinski definition) is 3. The molecule has 3 aromatic rings. The number of rotatable bonds is 12. The van der Waals surface area contributed by atoms with Crippen molar-refractivity contribution in [2.24, 2.45) is 11.8 Å². The standard InChI is InChI=1S/C32H39FN4O6/c1-19(2)17-24(32(40)41)34-31(39)29(20-9-6-5-7-10-20)35-30(38)23-18-25(28-26(42-3)11-8-12-27(28)43-4)37(36-23)22-15-13-21(33)14-16-22/h8,11-16,18-20,24,29H,5-7,9-10,17H2,1-4H3,(H,34,39)(H,35,38)(H,40,41). The Morgan fingerprint density at radius 1 is 1.00 bits per heavy atom. The van der Waals surface area contributed by atoms with Gasteiger partial charge in [-0.15, -0.1) is 0 Å². The zero-order valence-electron chi connectivity index (χ0n) is 24.9. The van der Waals surface area contributed by atoms with Gasteiger partial charge in [-0.05, 0) is 73.6 Å². The van der Waals surface area contributed by atoms with Crippen LogP contribution in [0.2, 0.25) is 0 Å². The third-order valence-electron chi connectivity index (χ3n) is 7.71. The molecule has 2 amide bonds. The number of halogens is 1. The lowest BCUT2D eigenvalue weighted by molar-refractivity contribution is -0.142. The molecule has 0 saturated heterocycles. The highest BCUT2D eigenvalue weighted by molar-refractivity contribution is 5.98. The number of hydrogen-bond acceptors (Lipinski definition) is 6. The zero-order valence-corrected chi connectivity index (χ0v) is 24.9. The highest BCUT2D eigenvalue weighted by Gasteiger charge is 2.34. The van der Waals surface area contributed by atoms with E-state index in [0.29, 0.717) is 28.4 Å². The van der Waals surface area contributed by atoms with Crippen molar-refractivity contribution >= 4 is 17.8 Å². The average molecular weight is 595 g/mol. The first-order valence-electron chi connectivity index (χ1n) is 14.5. The van der Waals surface area contributed by atoms with Gasteiger partial charge in [-0.3, -0.25) is 9.59 Å². The number of amides is 2. The summed E-state index contributed by atoms with van der Waals surface area (Å²) in [7, 11) is 3.03. The Hall–Kier alpha value is -4.41. The first kappa shape index (κ1) is 31.5. The molecule has 0 radical (unpaired) electrons. The number of methoxy groups -OCH3 is 2. The van der Waals surface area contributed by atoms with Gasteiger partial charge in [-0.25, -0.2) is 13.9 Å². The Bertz CT molecular complexity index is 1410. The molecule has 1 heterocycles. The van der Waals surface area contributed by atoms with E-state index in [2.05, 4.69) is 15.7 Å². The van der Waals surface area contributed by atoms with E-state index in [0.717, 1.165) is 32.1 Å². The molecule has 3 N–H and O–H groups in total. The van der Waals surface area contributed by atoms with Crippen molar-refractivity contribution in [3.63, 3.8) is 0 Å². The SMILES string of the molecule is COc1cccc(OC)c1-c1cc(C(=O)NC(C(=O)NC(CC(C)C)C(=O)O)C2CCCCC2)nn1-c1ccc(F)cc1. The summed E-state index contributed by atoms with van der Waals surface area (Å²) in [4.78, 5) is 39.2. The molecule has 10 nitrogen and oxygen atoms in total. The zero-order chi connectivity index (χ0) is 31.1. The third-order valence-corrected chi connectivity index (χ3v) is 7.71. The van der Waals surface area contributed by atoms with Gasteiger partial charge in [0.05, 0.1) is 31.2 Å². The summed E-state index contributed by atoms with van der Waals surface area (Å²) in [6, 6.07) is 10.5. The van der Waals surface area contributed by atoms with Crippen LogP contribution in [0.25, 0.3) is 16.9 Å². The van der Waals surface area contributed by atoms with Gasteiger partial charge >= 0.3 is 5.97 Å². The molecule has 1 aliphatic carbocycles. The number of carboxylic acid groups (broad SMARTS) is 1. The summed E-state index contributed by atoms with van der Waals surface area (Å²) in [6.45, 7) is 3.77. The number of aliphatic carboxylic acids is 1. The number of aromatic nitrogens is 2. The first-order chi connectivity index (χ1) is 20.6. The van der Waals surface area contributed by atoms with Crippen molar-refractivity contribution in [3.8, 4) is 28.4 Å². The van der Waals surface area contributed by atoms with E-state index in [-0.39, 0.29) is 24.0 Å². The summed E-state index contributed by atoms with van der Waals surface area (Å²) in [6.07, 6.45) is 4.59. The topological polar surface area (TPSA) is 132 Å². The van der Waals surface area contributed by atoms with Crippen LogP contribution in [0.3, 0.4) is 0 Å². The molecule has 11 heteroatoms. The second-order valence-electron chi connectivity index (χ2n) is 11.2. The monoisotopic (exact) mass is 594 g/mol. The second-order valence-corrected chi connectivity index (χ2v) is 11.2. The van der Waals surface area contributed by atoms with E-state index in [1.54, 1.807) is 24.3 Å². The van der Waals surface area contributed by atoms with Crippen LogP contribution in [0.4, 0.5) is 4.39 Å². The van der Waals surface area contributed by atoms with Crippen molar-refractivity contribution in [2.45, 2.75) is 64.5 Å². The van der Waals surface area contributed by atoms with Crippen LogP contribution in [0.5, 0.6) is 11.5 Å². The van der Waals surface area contributed by atoms with Gasteiger partial charge in [-0.2, -0.15) is 5.10 Å². The number of nitrogens with one attached hydrogen (secondary N) is 2. The minimum atomic E-state index is -1.12. The number of carbonyl (C=O) groups excluding carboxylic acids is 2. The Morgan fingerprint density at radius 2 is 1.63 bits per heavy atom. The molecular formula is C32H39FN4O6. The number of carbonyl (C=O) groups is 3. The lowest BCUT2D eigenvalue weighted by atomic mass is 9.83. The number of nitrogens with zero attached hydrogens (tertiary/aromatic N) is 2. The van der Waals surface area contributed by atoms with Crippen LogP contribution in [-0.4, -0.2) is 59.0 Å². The van der Waals surface area contributed by atoms with Gasteiger partial charge in [0, 0.05) is 0 Å². The van der Waals surface area contributed by atoms with Crippen molar-refractivity contribution < 1.29 is 33.4 Å². The van der Waals surface area contributed by atoms with E-state index in [4.69, 9.17) is 9.47 Å². The molecular weight excluding hydrogens is 555 g/mol. The molecule has 1 saturated carbocycles. The third kappa shape index (κ3) is 7.52. The van der Waals surface area contributed by atoms with E-state index >= 15 is 0 Å². The fraction of sp³-hybridized carbons (Fsp3) is 0.438. The van der Waals surface area contributed by atoms with Crippen molar-refractivity contribution in [3.05, 3.63) is 60.0 Å². The molecule has 0 spiro atoms. The summed E-state index contributed by atoms with van der Waals surface area (Å²) >= 11 is 0. The summed E-state index contributed by atoms with van der Waals surface area (Å²) < 4.78 is 26.5. The van der Waals surface area contributed by atoms with Gasteiger partial charge < -0.3 is 25.2 Å². The lowest BCUT2D eigenvalue weighted by Gasteiger charge is -2.31. The van der Waals surface area contributed by atoms with E-state index in [1.165, 1.54) is 43.2 Å². The maximum Gasteiger partial charge on any atom is 0.326 e. The van der Waals surface area contributed by atoms with Gasteiger partial charge in [0.25, 0.3) is 5.91 Å². The van der Waals surface area contributed by atoms with Gasteiger partial charge in [-0.1, -0.05) is 39.2 Å². The molecule has 1 fully saturated rings. The van der Waals surface area contributed by atoms with E-state index < -0.39 is 35.7 Å². The summed E-state index contributed by atoms with van der Waals surface area (Å²) in [5.41, 5.74) is 1.48. The van der Waals surface area contributed by atoms with Crippen molar-refractivity contribution in [1.82, 2.24) is 20.4 Å². The molecule has 43 heavy (non-hydrogen) atoms. The molecule has 2 atom stereocenters. The normalized spacial score (nSPS) is 15.0. The molecule has 0 aliphatic heterocycles. The Kier molecular flexibility index (Phi) is 10.4. The molecule has 2 unspecified atom stereocenters.